The predicted octanol–water partition coefficient (Wildman–Crippen LogP) is 4.50. The zero-order valence-electron chi connectivity index (χ0n) is 11.9. The van der Waals surface area contributed by atoms with Crippen molar-refractivity contribution in [3.05, 3.63) is 58.6 Å². The SMILES string of the molecule is c1nnc(-c2ccc(OCc3csc(-c4ccsc4)n3)cc2)o1. The van der Waals surface area contributed by atoms with Crippen LogP contribution in [0.2, 0.25) is 0 Å². The van der Waals surface area contributed by atoms with Gasteiger partial charge in [-0.05, 0) is 35.7 Å². The van der Waals surface area contributed by atoms with Gasteiger partial charge in [-0.3, -0.25) is 0 Å². The van der Waals surface area contributed by atoms with Crippen LogP contribution in [-0.4, -0.2) is 15.2 Å². The van der Waals surface area contributed by atoms with Crippen LogP contribution in [-0.2, 0) is 6.61 Å². The second-order valence-electron chi connectivity index (χ2n) is 4.71. The summed E-state index contributed by atoms with van der Waals surface area (Å²) in [5.74, 6) is 1.27. The number of thiazole rings is 1. The van der Waals surface area contributed by atoms with Crippen molar-refractivity contribution in [3.8, 4) is 27.8 Å². The van der Waals surface area contributed by atoms with Gasteiger partial charge in [0.25, 0.3) is 0 Å². The van der Waals surface area contributed by atoms with Gasteiger partial charge in [-0.1, -0.05) is 0 Å². The van der Waals surface area contributed by atoms with Crippen molar-refractivity contribution in [2.45, 2.75) is 6.61 Å². The van der Waals surface area contributed by atoms with Gasteiger partial charge in [0.1, 0.15) is 17.4 Å². The van der Waals surface area contributed by atoms with E-state index in [1.54, 1.807) is 22.7 Å². The van der Waals surface area contributed by atoms with Crippen molar-refractivity contribution in [1.29, 1.82) is 0 Å². The van der Waals surface area contributed by atoms with Crippen molar-refractivity contribution in [2.24, 2.45) is 0 Å². The zero-order chi connectivity index (χ0) is 15.5. The smallest absolute Gasteiger partial charge is 0.247 e. The molecule has 0 spiro atoms. The largest absolute Gasteiger partial charge is 0.487 e. The minimum absolute atomic E-state index is 0.445. The first-order chi connectivity index (χ1) is 11.4. The molecule has 3 aromatic heterocycles. The van der Waals surface area contributed by atoms with Crippen LogP contribution < -0.4 is 4.74 Å². The first-order valence-corrected chi connectivity index (χ1v) is 8.67. The van der Waals surface area contributed by atoms with E-state index in [4.69, 9.17) is 9.15 Å². The second kappa shape index (κ2) is 6.31. The molecule has 0 bridgehead atoms. The van der Waals surface area contributed by atoms with Gasteiger partial charge in [0.2, 0.25) is 12.3 Å². The van der Waals surface area contributed by atoms with Gasteiger partial charge in [0.05, 0.1) is 5.69 Å². The normalized spacial score (nSPS) is 10.8. The minimum atomic E-state index is 0.445. The molecule has 4 rings (SSSR count). The molecule has 5 nitrogen and oxygen atoms in total. The van der Waals surface area contributed by atoms with E-state index >= 15 is 0 Å². The van der Waals surface area contributed by atoms with Gasteiger partial charge < -0.3 is 9.15 Å². The third-order valence-electron chi connectivity index (χ3n) is 3.17. The fraction of sp³-hybridized carbons (Fsp3) is 0.0625. The monoisotopic (exact) mass is 341 g/mol. The van der Waals surface area contributed by atoms with E-state index in [0.29, 0.717) is 12.5 Å². The van der Waals surface area contributed by atoms with E-state index in [2.05, 4.69) is 32.0 Å². The number of ether oxygens (including phenoxy) is 1. The topological polar surface area (TPSA) is 61.0 Å². The molecular formula is C16H11N3O2S2. The summed E-state index contributed by atoms with van der Waals surface area (Å²) in [5.41, 5.74) is 2.95. The Labute approximate surface area is 140 Å². The molecule has 0 unspecified atom stereocenters. The lowest BCUT2D eigenvalue weighted by Gasteiger charge is -2.04. The number of hydrogen-bond donors (Lipinski definition) is 0. The molecule has 0 saturated carbocycles. The highest BCUT2D eigenvalue weighted by atomic mass is 32.1. The van der Waals surface area contributed by atoms with Crippen LogP contribution in [0, 0.1) is 0 Å². The standard InChI is InChI=1S/C16H11N3O2S2/c1-3-14(4-2-11(1)15-19-17-10-21-15)20-7-13-9-23-16(18-13)12-5-6-22-8-12/h1-6,8-10H,7H2. The van der Waals surface area contributed by atoms with Crippen molar-refractivity contribution in [3.63, 3.8) is 0 Å². The Bertz CT molecular complexity index is 869. The van der Waals surface area contributed by atoms with Crippen LogP contribution in [0.5, 0.6) is 5.75 Å². The van der Waals surface area contributed by atoms with E-state index in [9.17, 15) is 0 Å². The molecule has 114 valence electrons. The molecule has 1 aromatic carbocycles. The van der Waals surface area contributed by atoms with E-state index in [0.717, 1.165) is 27.6 Å². The maximum absolute atomic E-state index is 5.78. The molecule has 0 atom stereocenters. The molecule has 0 fully saturated rings. The van der Waals surface area contributed by atoms with Gasteiger partial charge in [-0.2, -0.15) is 11.3 Å². The van der Waals surface area contributed by atoms with Crippen LogP contribution in [0.1, 0.15) is 5.69 Å². The number of aromatic nitrogens is 3. The van der Waals surface area contributed by atoms with Crippen molar-refractivity contribution >= 4 is 22.7 Å². The summed E-state index contributed by atoms with van der Waals surface area (Å²) in [6.45, 7) is 0.445. The Kier molecular flexibility index (Phi) is 3.87. The zero-order valence-corrected chi connectivity index (χ0v) is 13.5. The van der Waals surface area contributed by atoms with Crippen LogP contribution in [0.3, 0.4) is 0 Å². The molecule has 23 heavy (non-hydrogen) atoms. The number of benzene rings is 1. The van der Waals surface area contributed by atoms with E-state index in [1.165, 1.54) is 6.39 Å². The molecule has 0 aliphatic heterocycles. The molecule has 3 heterocycles. The summed E-state index contributed by atoms with van der Waals surface area (Å²) in [6, 6.07) is 9.61. The Morgan fingerprint density at radius 3 is 2.70 bits per heavy atom. The molecule has 0 radical (unpaired) electrons. The maximum atomic E-state index is 5.78. The summed E-state index contributed by atoms with van der Waals surface area (Å²) in [6.07, 6.45) is 1.31. The van der Waals surface area contributed by atoms with E-state index in [-0.39, 0.29) is 0 Å². The van der Waals surface area contributed by atoms with Crippen molar-refractivity contribution < 1.29 is 9.15 Å². The number of nitrogens with zero attached hydrogens (tertiary/aromatic N) is 3. The maximum Gasteiger partial charge on any atom is 0.247 e. The van der Waals surface area contributed by atoms with Crippen molar-refractivity contribution in [2.75, 3.05) is 0 Å². The molecular weight excluding hydrogens is 330 g/mol. The van der Waals surface area contributed by atoms with Gasteiger partial charge in [-0.15, -0.1) is 21.5 Å². The molecule has 4 aromatic rings. The minimum Gasteiger partial charge on any atom is -0.487 e. The average molecular weight is 341 g/mol. The van der Waals surface area contributed by atoms with Gasteiger partial charge >= 0.3 is 0 Å². The lowest BCUT2D eigenvalue weighted by atomic mass is 10.2. The Balaban J connectivity index is 1.41. The fourth-order valence-electron chi connectivity index (χ4n) is 2.04. The molecule has 0 saturated heterocycles. The predicted molar refractivity (Wildman–Crippen MR) is 89.5 cm³/mol. The quantitative estimate of drug-likeness (QED) is 0.535. The van der Waals surface area contributed by atoms with Crippen LogP contribution in [0.4, 0.5) is 0 Å². The summed E-state index contributed by atoms with van der Waals surface area (Å²) in [7, 11) is 0. The Hall–Kier alpha value is -2.51. The average Bonchev–Trinajstić information content (AvgIpc) is 3.35. The summed E-state index contributed by atoms with van der Waals surface area (Å²) in [4.78, 5) is 4.59. The highest BCUT2D eigenvalue weighted by Crippen LogP contribution is 2.26. The van der Waals surface area contributed by atoms with Gasteiger partial charge in [0, 0.05) is 21.9 Å². The Morgan fingerprint density at radius 2 is 1.96 bits per heavy atom. The van der Waals surface area contributed by atoms with E-state index in [1.807, 2.05) is 29.6 Å². The van der Waals surface area contributed by atoms with Crippen LogP contribution in [0.15, 0.2) is 57.3 Å². The first-order valence-electron chi connectivity index (χ1n) is 6.85. The Morgan fingerprint density at radius 1 is 1.04 bits per heavy atom. The second-order valence-corrected chi connectivity index (χ2v) is 6.35. The van der Waals surface area contributed by atoms with E-state index < -0.39 is 0 Å². The number of hydrogen-bond acceptors (Lipinski definition) is 7. The van der Waals surface area contributed by atoms with Crippen molar-refractivity contribution in [1.82, 2.24) is 15.2 Å². The van der Waals surface area contributed by atoms with Gasteiger partial charge in [-0.25, -0.2) is 4.98 Å². The summed E-state index contributed by atoms with van der Waals surface area (Å²) >= 11 is 3.30. The summed E-state index contributed by atoms with van der Waals surface area (Å²) in [5, 5.41) is 14.7. The fourth-order valence-corrected chi connectivity index (χ4v) is 3.56. The van der Waals surface area contributed by atoms with Gasteiger partial charge in [0.15, 0.2) is 0 Å². The molecule has 0 aliphatic rings. The highest BCUT2D eigenvalue weighted by Gasteiger charge is 2.07. The van der Waals surface area contributed by atoms with Crippen LogP contribution >= 0.6 is 22.7 Å². The molecule has 0 aliphatic carbocycles. The molecule has 0 amide bonds. The molecule has 7 heteroatoms. The number of thiophene rings is 1. The highest BCUT2D eigenvalue weighted by molar-refractivity contribution is 7.14. The third kappa shape index (κ3) is 3.15. The lowest BCUT2D eigenvalue weighted by molar-refractivity contribution is 0.302. The first kappa shape index (κ1) is 14.1. The summed E-state index contributed by atoms with van der Waals surface area (Å²) < 4.78 is 10.9. The number of rotatable bonds is 5. The molecule has 0 N–H and O–H groups in total. The lowest BCUT2D eigenvalue weighted by Crippen LogP contribution is -1.95. The third-order valence-corrected chi connectivity index (χ3v) is 4.79. The van der Waals surface area contributed by atoms with Crippen LogP contribution in [0.25, 0.3) is 22.0 Å².